The monoisotopic (exact) mass is 285 g/mol. The van der Waals surface area contributed by atoms with Crippen LogP contribution in [0.4, 0.5) is 0 Å². The van der Waals surface area contributed by atoms with Crippen LogP contribution in [-0.2, 0) is 4.79 Å². The fraction of sp³-hybridized carbons (Fsp3) is 0.500. The number of halogens is 1. The van der Waals surface area contributed by atoms with Gasteiger partial charge in [0.25, 0.3) is 5.91 Å². The van der Waals surface area contributed by atoms with E-state index in [1.807, 2.05) is 13.8 Å². The van der Waals surface area contributed by atoms with Crippen molar-refractivity contribution in [3.8, 4) is 5.75 Å². The van der Waals surface area contributed by atoms with Crippen LogP contribution in [0.25, 0.3) is 0 Å². The van der Waals surface area contributed by atoms with E-state index in [9.17, 15) is 9.90 Å². The Bertz CT molecular complexity index is 409. The summed E-state index contributed by atoms with van der Waals surface area (Å²) in [7, 11) is 0. The van der Waals surface area contributed by atoms with Crippen molar-refractivity contribution in [2.24, 2.45) is 5.92 Å². The number of rotatable bonds is 7. The molecule has 0 spiro atoms. The van der Waals surface area contributed by atoms with E-state index >= 15 is 0 Å². The van der Waals surface area contributed by atoms with Crippen LogP contribution in [0.2, 0.25) is 5.02 Å². The molecule has 0 radical (unpaired) electrons. The van der Waals surface area contributed by atoms with Crippen LogP contribution in [0.5, 0.6) is 5.75 Å². The number of ether oxygens (including phenoxy) is 1. The van der Waals surface area contributed by atoms with E-state index < -0.39 is 0 Å². The zero-order valence-electron chi connectivity index (χ0n) is 11.2. The predicted molar refractivity (Wildman–Crippen MR) is 75.4 cm³/mol. The van der Waals surface area contributed by atoms with Gasteiger partial charge >= 0.3 is 0 Å². The highest BCUT2D eigenvalue weighted by atomic mass is 35.5. The maximum absolute atomic E-state index is 11.7. The van der Waals surface area contributed by atoms with Crippen molar-refractivity contribution in [3.05, 3.63) is 29.3 Å². The average molecular weight is 286 g/mol. The number of aliphatic hydroxyl groups excluding tert-OH is 1. The lowest BCUT2D eigenvalue weighted by Gasteiger charge is -2.18. The Morgan fingerprint density at radius 1 is 1.42 bits per heavy atom. The van der Waals surface area contributed by atoms with Crippen molar-refractivity contribution >= 4 is 17.5 Å². The van der Waals surface area contributed by atoms with Crippen molar-refractivity contribution in [1.82, 2.24) is 5.32 Å². The van der Waals surface area contributed by atoms with Crippen LogP contribution >= 0.6 is 11.6 Å². The van der Waals surface area contributed by atoms with E-state index in [4.69, 9.17) is 16.3 Å². The number of hydrogen-bond acceptors (Lipinski definition) is 3. The minimum Gasteiger partial charge on any atom is -0.482 e. The van der Waals surface area contributed by atoms with E-state index in [-0.39, 0.29) is 25.2 Å². The second-order valence-electron chi connectivity index (χ2n) is 4.80. The molecule has 106 valence electrons. The number of amides is 1. The standard InChI is InChI=1S/C14H20ClNO3/c1-10(2)7-11(8-17)16-14(18)9-19-13-6-4-3-5-12(13)15/h3-6,10-11,17H,7-9H2,1-2H3,(H,16,18). The quantitative estimate of drug-likeness (QED) is 0.808. The van der Waals surface area contributed by atoms with Crippen molar-refractivity contribution in [2.75, 3.05) is 13.2 Å². The highest BCUT2D eigenvalue weighted by molar-refractivity contribution is 6.32. The first-order valence-corrected chi connectivity index (χ1v) is 6.68. The van der Waals surface area contributed by atoms with Crippen molar-refractivity contribution < 1.29 is 14.6 Å². The molecule has 1 aromatic carbocycles. The zero-order valence-corrected chi connectivity index (χ0v) is 12.0. The number of benzene rings is 1. The van der Waals surface area contributed by atoms with Gasteiger partial charge < -0.3 is 15.2 Å². The van der Waals surface area contributed by atoms with Crippen molar-refractivity contribution in [2.45, 2.75) is 26.3 Å². The van der Waals surface area contributed by atoms with Crippen LogP contribution in [-0.4, -0.2) is 30.3 Å². The van der Waals surface area contributed by atoms with Gasteiger partial charge in [0, 0.05) is 0 Å². The summed E-state index contributed by atoms with van der Waals surface area (Å²) < 4.78 is 5.32. The van der Waals surface area contributed by atoms with E-state index in [0.29, 0.717) is 16.7 Å². The second kappa shape index (κ2) is 8.02. The number of para-hydroxylation sites is 1. The molecule has 0 bridgehead atoms. The molecule has 2 N–H and O–H groups in total. The van der Waals surface area contributed by atoms with Gasteiger partial charge in [0.1, 0.15) is 5.75 Å². The maximum Gasteiger partial charge on any atom is 0.258 e. The summed E-state index contributed by atoms with van der Waals surface area (Å²) in [5.41, 5.74) is 0. The van der Waals surface area contributed by atoms with Crippen LogP contribution in [0.1, 0.15) is 20.3 Å². The molecule has 0 aliphatic rings. The molecule has 19 heavy (non-hydrogen) atoms. The Morgan fingerprint density at radius 3 is 2.68 bits per heavy atom. The van der Waals surface area contributed by atoms with Crippen LogP contribution < -0.4 is 10.1 Å². The molecule has 0 saturated heterocycles. The van der Waals surface area contributed by atoms with Gasteiger partial charge in [0.05, 0.1) is 17.7 Å². The summed E-state index contributed by atoms with van der Waals surface area (Å²) in [5.74, 6) is 0.616. The molecule has 0 saturated carbocycles. The summed E-state index contributed by atoms with van der Waals surface area (Å²) in [5, 5.41) is 12.4. The molecule has 1 unspecified atom stereocenters. The highest BCUT2D eigenvalue weighted by Crippen LogP contribution is 2.22. The topological polar surface area (TPSA) is 58.6 Å². The summed E-state index contributed by atoms with van der Waals surface area (Å²) >= 11 is 5.91. The largest absolute Gasteiger partial charge is 0.482 e. The van der Waals surface area contributed by atoms with Gasteiger partial charge in [-0.15, -0.1) is 0 Å². The third kappa shape index (κ3) is 5.94. The summed E-state index contributed by atoms with van der Waals surface area (Å²) in [6.45, 7) is 3.89. The SMILES string of the molecule is CC(C)CC(CO)NC(=O)COc1ccccc1Cl. The first-order chi connectivity index (χ1) is 9.02. The first-order valence-electron chi connectivity index (χ1n) is 6.30. The van der Waals surface area contributed by atoms with Gasteiger partial charge in [-0.1, -0.05) is 37.6 Å². The third-order valence-corrected chi connectivity index (χ3v) is 2.85. The van der Waals surface area contributed by atoms with E-state index in [1.165, 1.54) is 0 Å². The fourth-order valence-electron chi connectivity index (χ4n) is 1.72. The first kappa shape index (κ1) is 15.8. The molecule has 5 heteroatoms. The fourth-order valence-corrected chi connectivity index (χ4v) is 1.91. The minimum absolute atomic E-state index is 0.0734. The van der Waals surface area contributed by atoms with E-state index in [1.54, 1.807) is 24.3 Å². The summed E-state index contributed by atoms with van der Waals surface area (Å²) in [6.07, 6.45) is 0.730. The molecule has 0 aliphatic carbocycles. The molecule has 4 nitrogen and oxygen atoms in total. The molecular weight excluding hydrogens is 266 g/mol. The normalized spacial score (nSPS) is 12.3. The van der Waals surface area contributed by atoms with Gasteiger partial charge in [0.15, 0.2) is 6.61 Å². The van der Waals surface area contributed by atoms with Gasteiger partial charge in [-0.05, 0) is 24.5 Å². The average Bonchev–Trinajstić information content (AvgIpc) is 2.36. The van der Waals surface area contributed by atoms with Crippen LogP contribution in [0.15, 0.2) is 24.3 Å². The van der Waals surface area contributed by atoms with Crippen molar-refractivity contribution in [3.63, 3.8) is 0 Å². The Morgan fingerprint density at radius 2 is 2.11 bits per heavy atom. The molecule has 1 amide bonds. The molecule has 1 rings (SSSR count). The lowest BCUT2D eigenvalue weighted by molar-refractivity contribution is -0.124. The molecule has 1 aromatic rings. The number of nitrogens with one attached hydrogen (secondary N) is 1. The number of carbonyl (C=O) groups excluding carboxylic acids is 1. The number of carbonyl (C=O) groups is 1. The van der Waals surface area contributed by atoms with Crippen LogP contribution in [0, 0.1) is 5.92 Å². The molecule has 0 heterocycles. The van der Waals surface area contributed by atoms with Gasteiger partial charge in [0.2, 0.25) is 0 Å². The Kier molecular flexibility index (Phi) is 6.67. The van der Waals surface area contributed by atoms with Gasteiger partial charge in [-0.3, -0.25) is 4.79 Å². The smallest absolute Gasteiger partial charge is 0.258 e. The predicted octanol–water partition coefficient (Wildman–Crippen LogP) is 2.24. The lowest BCUT2D eigenvalue weighted by Crippen LogP contribution is -2.40. The van der Waals surface area contributed by atoms with Gasteiger partial charge in [-0.25, -0.2) is 0 Å². The number of hydrogen-bond donors (Lipinski definition) is 2. The Labute approximate surface area is 118 Å². The number of aliphatic hydroxyl groups is 1. The van der Waals surface area contributed by atoms with Crippen molar-refractivity contribution in [1.29, 1.82) is 0 Å². The second-order valence-corrected chi connectivity index (χ2v) is 5.20. The lowest BCUT2D eigenvalue weighted by atomic mass is 10.0. The maximum atomic E-state index is 11.7. The molecule has 0 fully saturated rings. The van der Waals surface area contributed by atoms with E-state index in [2.05, 4.69) is 5.32 Å². The summed E-state index contributed by atoms with van der Waals surface area (Å²) in [4.78, 5) is 11.7. The highest BCUT2D eigenvalue weighted by Gasteiger charge is 2.13. The Hall–Kier alpha value is -1.26. The molecule has 0 aromatic heterocycles. The molecule has 0 aliphatic heterocycles. The molecular formula is C14H20ClNO3. The Balaban J connectivity index is 2.41. The molecule has 1 atom stereocenters. The van der Waals surface area contributed by atoms with E-state index in [0.717, 1.165) is 6.42 Å². The summed E-state index contributed by atoms with van der Waals surface area (Å²) in [6, 6.07) is 6.74. The minimum atomic E-state index is -0.264. The third-order valence-electron chi connectivity index (χ3n) is 2.54. The van der Waals surface area contributed by atoms with Crippen LogP contribution in [0.3, 0.4) is 0 Å². The van der Waals surface area contributed by atoms with Gasteiger partial charge in [-0.2, -0.15) is 0 Å². The zero-order chi connectivity index (χ0) is 14.3.